The lowest BCUT2D eigenvalue weighted by molar-refractivity contribution is 0.684. The van der Waals surface area contributed by atoms with Crippen molar-refractivity contribution in [2.24, 2.45) is 0 Å². The van der Waals surface area contributed by atoms with E-state index in [9.17, 15) is 0 Å². The molecule has 0 aromatic heterocycles. The SMILES string of the molecule is CSC(C)CNCc1ccc(C#N)cc1. The van der Waals surface area contributed by atoms with Gasteiger partial charge in [-0.25, -0.2) is 0 Å². The van der Waals surface area contributed by atoms with Gasteiger partial charge in [0.1, 0.15) is 0 Å². The Balaban J connectivity index is 2.35. The first-order valence-electron chi connectivity index (χ1n) is 4.99. The lowest BCUT2D eigenvalue weighted by atomic mass is 10.1. The number of hydrogen-bond acceptors (Lipinski definition) is 3. The number of nitrogens with one attached hydrogen (secondary N) is 1. The van der Waals surface area contributed by atoms with Gasteiger partial charge in [0.25, 0.3) is 0 Å². The Morgan fingerprint density at radius 3 is 2.60 bits per heavy atom. The number of nitrogens with zero attached hydrogens (tertiary/aromatic N) is 1. The highest BCUT2D eigenvalue weighted by Gasteiger charge is 1.98. The molecule has 1 aromatic rings. The van der Waals surface area contributed by atoms with Gasteiger partial charge >= 0.3 is 0 Å². The van der Waals surface area contributed by atoms with Gasteiger partial charge in [-0.15, -0.1) is 0 Å². The molecule has 0 aliphatic heterocycles. The van der Waals surface area contributed by atoms with Crippen LogP contribution in [0.2, 0.25) is 0 Å². The molecule has 1 N–H and O–H groups in total. The Morgan fingerprint density at radius 1 is 1.40 bits per heavy atom. The molecule has 0 spiro atoms. The lowest BCUT2D eigenvalue weighted by Gasteiger charge is -2.09. The van der Waals surface area contributed by atoms with E-state index in [2.05, 4.69) is 24.6 Å². The summed E-state index contributed by atoms with van der Waals surface area (Å²) in [5.74, 6) is 0. The molecule has 0 amide bonds. The first kappa shape index (κ1) is 12.1. The van der Waals surface area contributed by atoms with Crippen LogP contribution in [0, 0.1) is 11.3 Å². The van der Waals surface area contributed by atoms with E-state index in [1.54, 1.807) is 0 Å². The third kappa shape index (κ3) is 4.37. The average Bonchev–Trinajstić information content (AvgIpc) is 2.29. The molecule has 0 aliphatic rings. The van der Waals surface area contributed by atoms with Crippen LogP contribution < -0.4 is 5.32 Å². The van der Waals surface area contributed by atoms with Gasteiger partial charge in [0, 0.05) is 18.3 Å². The number of hydrogen-bond donors (Lipinski definition) is 1. The minimum atomic E-state index is 0.642. The summed E-state index contributed by atoms with van der Waals surface area (Å²) < 4.78 is 0. The van der Waals surface area contributed by atoms with Crippen LogP contribution in [-0.2, 0) is 6.54 Å². The van der Waals surface area contributed by atoms with Crippen molar-refractivity contribution in [1.82, 2.24) is 5.32 Å². The molecular weight excluding hydrogens is 204 g/mol. The van der Waals surface area contributed by atoms with E-state index in [1.165, 1.54) is 5.56 Å². The Morgan fingerprint density at radius 2 is 2.07 bits per heavy atom. The summed E-state index contributed by atoms with van der Waals surface area (Å²) in [7, 11) is 0. The molecule has 0 heterocycles. The lowest BCUT2D eigenvalue weighted by Crippen LogP contribution is -2.21. The highest BCUT2D eigenvalue weighted by molar-refractivity contribution is 7.99. The van der Waals surface area contributed by atoms with E-state index >= 15 is 0 Å². The van der Waals surface area contributed by atoms with Crippen molar-refractivity contribution in [3.8, 4) is 6.07 Å². The van der Waals surface area contributed by atoms with Crippen molar-refractivity contribution in [3.63, 3.8) is 0 Å². The van der Waals surface area contributed by atoms with Crippen LogP contribution in [0.4, 0.5) is 0 Å². The highest BCUT2D eigenvalue weighted by atomic mass is 32.2. The minimum Gasteiger partial charge on any atom is -0.312 e. The van der Waals surface area contributed by atoms with Gasteiger partial charge in [-0.3, -0.25) is 0 Å². The van der Waals surface area contributed by atoms with Crippen LogP contribution in [0.3, 0.4) is 0 Å². The monoisotopic (exact) mass is 220 g/mol. The van der Waals surface area contributed by atoms with Crippen LogP contribution >= 0.6 is 11.8 Å². The van der Waals surface area contributed by atoms with Crippen LogP contribution in [-0.4, -0.2) is 18.1 Å². The molecule has 0 radical (unpaired) electrons. The maximum Gasteiger partial charge on any atom is 0.0991 e. The van der Waals surface area contributed by atoms with E-state index in [-0.39, 0.29) is 0 Å². The smallest absolute Gasteiger partial charge is 0.0991 e. The third-order valence-corrected chi connectivity index (χ3v) is 3.22. The molecular formula is C12H16N2S. The molecule has 0 saturated carbocycles. The summed E-state index contributed by atoms with van der Waals surface area (Å²) in [6, 6.07) is 9.82. The summed E-state index contributed by atoms with van der Waals surface area (Å²) in [4.78, 5) is 0. The Hall–Kier alpha value is -0.980. The highest BCUT2D eigenvalue weighted by Crippen LogP contribution is 2.05. The van der Waals surface area contributed by atoms with Crippen LogP contribution in [0.1, 0.15) is 18.1 Å². The normalized spacial score (nSPS) is 12.1. The molecule has 15 heavy (non-hydrogen) atoms. The van der Waals surface area contributed by atoms with Crippen molar-refractivity contribution in [3.05, 3.63) is 35.4 Å². The minimum absolute atomic E-state index is 0.642. The second-order valence-corrected chi connectivity index (χ2v) is 4.76. The molecule has 1 unspecified atom stereocenters. The van der Waals surface area contributed by atoms with Crippen molar-refractivity contribution in [2.75, 3.05) is 12.8 Å². The standard InChI is InChI=1S/C12H16N2S/c1-10(15-2)8-14-9-12-5-3-11(7-13)4-6-12/h3-6,10,14H,8-9H2,1-2H3. The Kier molecular flexibility index (Phi) is 5.23. The van der Waals surface area contributed by atoms with Gasteiger partial charge in [-0.05, 0) is 24.0 Å². The van der Waals surface area contributed by atoms with Gasteiger partial charge in [0.05, 0.1) is 11.6 Å². The van der Waals surface area contributed by atoms with Crippen LogP contribution in [0.25, 0.3) is 0 Å². The van der Waals surface area contributed by atoms with Gasteiger partial charge in [-0.1, -0.05) is 19.1 Å². The van der Waals surface area contributed by atoms with Crippen LogP contribution in [0.5, 0.6) is 0 Å². The maximum absolute atomic E-state index is 8.64. The first-order chi connectivity index (χ1) is 7.26. The van der Waals surface area contributed by atoms with Crippen molar-refractivity contribution >= 4 is 11.8 Å². The average molecular weight is 220 g/mol. The van der Waals surface area contributed by atoms with Gasteiger partial charge in [0.15, 0.2) is 0 Å². The van der Waals surface area contributed by atoms with E-state index in [1.807, 2.05) is 36.0 Å². The molecule has 1 atom stereocenters. The Labute approximate surface area is 95.7 Å². The second kappa shape index (κ2) is 6.49. The number of rotatable bonds is 5. The Bertz CT molecular complexity index is 326. The largest absolute Gasteiger partial charge is 0.312 e. The quantitative estimate of drug-likeness (QED) is 0.827. The van der Waals surface area contributed by atoms with E-state index in [0.29, 0.717) is 5.25 Å². The molecule has 1 rings (SSSR count). The maximum atomic E-state index is 8.64. The van der Waals surface area contributed by atoms with Crippen molar-refractivity contribution < 1.29 is 0 Å². The summed E-state index contributed by atoms with van der Waals surface area (Å²) in [6.45, 7) is 4.09. The summed E-state index contributed by atoms with van der Waals surface area (Å²) in [5, 5.41) is 12.7. The van der Waals surface area contributed by atoms with Crippen LogP contribution in [0.15, 0.2) is 24.3 Å². The fourth-order valence-corrected chi connectivity index (χ4v) is 1.48. The zero-order valence-electron chi connectivity index (χ0n) is 9.16. The molecule has 80 valence electrons. The van der Waals surface area contributed by atoms with Gasteiger partial charge < -0.3 is 5.32 Å². The van der Waals surface area contributed by atoms with Gasteiger partial charge in [0.2, 0.25) is 0 Å². The second-order valence-electron chi connectivity index (χ2n) is 3.49. The van der Waals surface area contributed by atoms with Crippen molar-refractivity contribution in [2.45, 2.75) is 18.7 Å². The fraction of sp³-hybridized carbons (Fsp3) is 0.417. The third-order valence-electron chi connectivity index (χ3n) is 2.25. The zero-order chi connectivity index (χ0) is 11.1. The number of thioether (sulfide) groups is 1. The predicted molar refractivity (Wildman–Crippen MR) is 65.8 cm³/mol. The summed E-state index contributed by atoms with van der Waals surface area (Å²) >= 11 is 1.86. The zero-order valence-corrected chi connectivity index (χ0v) is 9.97. The topological polar surface area (TPSA) is 35.8 Å². The number of benzene rings is 1. The molecule has 3 heteroatoms. The predicted octanol–water partition coefficient (Wildman–Crippen LogP) is 2.40. The van der Waals surface area contributed by atoms with E-state index in [4.69, 9.17) is 5.26 Å². The van der Waals surface area contributed by atoms with Gasteiger partial charge in [-0.2, -0.15) is 17.0 Å². The van der Waals surface area contributed by atoms with E-state index in [0.717, 1.165) is 18.7 Å². The molecule has 0 aliphatic carbocycles. The summed E-state index contributed by atoms with van der Waals surface area (Å²) in [5.41, 5.74) is 1.94. The molecule has 1 aromatic carbocycles. The summed E-state index contributed by atoms with van der Waals surface area (Å²) in [6.07, 6.45) is 2.12. The number of nitriles is 1. The molecule has 0 bridgehead atoms. The van der Waals surface area contributed by atoms with Crippen molar-refractivity contribution in [1.29, 1.82) is 5.26 Å². The molecule has 0 fully saturated rings. The molecule has 0 saturated heterocycles. The molecule has 2 nitrogen and oxygen atoms in total. The fourth-order valence-electron chi connectivity index (χ4n) is 1.20. The van der Waals surface area contributed by atoms with E-state index < -0.39 is 0 Å². The first-order valence-corrected chi connectivity index (χ1v) is 6.27.